The maximum Gasteiger partial charge on any atom is 0.238 e. The summed E-state index contributed by atoms with van der Waals surface area (Å²) >= 11 is 0. The third-order valence-corrected chi connectivity index (χ3v) is 7.44. The van der Waals surface area contributed by atoms with E-state index in [1.54, 1.807) is 19.1 Å². The normalized spacial score (nSPS) is 11.9. The highest BCUT2D eigenvalue weighted by Gasteiger charge is 2.26. The predicted molar refractivity (Wildman–Crippen MR) is 128 cm³/mol. The summed E-state index contributed by atoms with van der Waals surface area (Å²) < 4.78 is 39.6. The van der Waals surface area contributed by atoms with Gasteiger partial charge in [-0.1, -0.05) is 39.0 Å². The second-order valence-electron chi connectivity index (χ2n) is 8.18. The largest absolute Gasteiger partial charge is 0.385 e. The lowest BCUT2D eigenvalue weighted by Crippen LogP contribution is -2.45. The smallest absolute Gasteiger partial charge is 0.238 e. The van der Waals surface area contributed by atoms with Crippen LogP contribution in [0.25, 0.3) is 0 Å². The van der Waals surface area contributed by atoms with Crippen LogP contribution in [0.2, 0.25) is 0 Å². The molecule has 0 spiro atoms. The molecule has 0 bridgehead atoms. The first-order valence-corrected chi connectivity index (χ1v) is 13.3. The van der Waals surface area contributed by atoms with Crippen molar-refractivity contribution in [3.63, 3.8) is 0 Å². The highest BCUT2D eigenvalue weighted by atomic mass is 32.2. The number of methoxy groups -OCH3 is 2. The average molecular weight is 474 g/mol. The van der Waals surface area contributed by atoms with E-state index >= 15 is 0 Å². The molecule has 1 heterocycles. The molecule has 1 amide bonds. The molecule has 0 aliphatic carbocycles. The van der Waals surface area contributed by atoms with Gasteiger partial charge < -0.3 is 18.9 Å². The van der Waals surface area contributed by atoms with Gasteiger partial charge >= 0.3 is 0 Å². The molecule has 8 nitrogen and oxygen atoms in total. The van der Waals surface area contributed by atoms with Crippen LogP contribution in [0, 0.1) is 0 Å². The Morgan fingerprint density at radius 1 is 1.00 bits per heavy atom. The van der Waals surface area contributed by atoms with Gasteiger partial charge in [-0.25, -0.2) is 8.42 Å². The molecular formula is C23H43N3O5S. The molecule has 0 N–H and O–H groups in total. The van der Waals surface area contributed by atoms with Gasteiger partial charge in [0.05, 0.1) is 25.4 Å². The number of sulfonamides is 1. The number of aromatic nitrogens is 1. The van der Waals surface area contributed by atoms with Gasteiger partial charge in [0, 0.05) is 52.9 Å². The Hall–Kier alpha value is -1.42. The van der Waals surface area contributed by atoms with Crippen molar-refractivity contribution in [2.24, 2.45) is 7.05 Å². The van der Waals surface area contributed by atoms with E-state index in [9.17, 15) is 13.2 Å². The number of aryl methyl sites for hydroxylation is 1. The number of carbonyl (C=O) groups excluding carboxylic acids is 1. The first-order chi connectivity index (χ1) is 15.4. The van der Waals surface area contributed by atoms with Crippen molar-refractivity contribution in [2.75, 3.05) is 52.8 Å². The number of amides is 1. The van der Waals surface area contributed by atoms with Crippen LogP contribution in [0.1, 0.15) is 57.6 Å². The summed E-state index contributed by atoms with van der Waals surface area (Å²) in [6.07, 6.45) is 8.53. The third-order valence-electron chi connectivity index (χ3n) is 5.54. The second-order valence-corrected chi connectivity index (χ2v) is 10.3. The maximum absolute atomic E-state index is 13.1. The molecule has 1 aromatic rings. The topological polar surface area (TPSA) is 81.1 Å². The molecule has 0 aliphatic rings. The predicted octanol–water partition coefficient (Wildman–Crippen LogP) is 3.03. The highest BCUT2D eigenvalue weighted by Crippen LogP contribution is 2.12. The molecule has 0 fully saturated rings. The number of nitrogens with zero attached hydrogens (tertiary/aromatic N) is 3. The summed E-state index contributed by atoms with van der Waals surface area (Å²) in [6.45, 7) is 3.94. The lowest BCUT2D eigenvalue weighted by molar-refractivity contribution is -0.132. The van der Waals surface area contributed by atoms with Gasteiger partial charge in [0.25, 0.3) is 0 Å². The van der Waals surface area contributed by atoms with Gasteiger partial charge in [-0.3, -0.25) is 4.79 Å². The Balaban J connectivity index is 2.81. The Labute approximate surface area is 194 Å². The van der Waals surface area contributed by atoms with Crippen molar-refractivity contribution in [3.05, 3.63) is 24.0 Å². The van der Waals surface area contributed by atoms with E-state index < -0.39 is 10.0 Å². The summed E-state index contributed by atoms with van der Waals surface area (Å²) in [5.74, 6) is -0.137. The third kappa shape index (κ3) is 10.9. The summed E-state index contributed by atoms with van der Waals surface area (Å²) in [4.78, 5) is 14.8. The number of hydrogen-bond donors (Lipinski definition) is 0. The van der Waals surface area contributed by atoms with E-state index in [4.69, 9.17) is 9.47 Å². The van der Waals surface area contributed by atoms with Gasteiger partial charge in [0.2, 0.25) is 15.9 Å². The van der Waals surface area contributed by atoms with Crippen LogP contribution < -0.4 is 0 Å². The van der Waals surface area contributed by atoms with Crippen LogP contribution >= 0.6 is 0 Å². The quantitative estimate of drug-likeness (QED) is 0.289. The van der Waals surface area contributed by atoms with Crippen molar-refractivity contribution in [1.82, 2.24) is 13.8 Å². The van der Waals surface area contributed by atoms with Gasteiger partial charge in [0.1, 0.15) is 0 Å². The van der Waals surface area contributed by atoms with E-state index in [1.165, 1.54) is 10.7 Å². The van der Waals surface area contributed by atoms with E-state index in [0.717, 1.165) is 31.4 Å². The number of hydrogen-bond acceptors (Lipinski definition) is 5. The van der Waals surface area contributed by atoms with E-state index in [0.29, 0.717) is 39.1 Å². The Morgan fingerprint density at radius 3 is 2.31 bits per heavy atom. The van der Waals surface area contributed by atoms with Crippen molar-refractivity contribution in [2.45, 2.75) is 58.4 Å². The molecule has 0 saturated carbocycles. The SMILES string of the molecule is CCCCCCCCS(=O)(=O)N(CCCOC)CC(=O)N(CCOC)Cc1cccn1C. The van der Waals surface area contributed by atoms with Crippen LogP contribution in [0.3, 0.4) is 0 Å². The summed E-state index contributed by atoms with van der Waals surface area (Å²) in [7, 11) is 1.59. The van der Waals surface area contributed by atoms with Crippen LogP contribution in [-0.4, -0.2) is 80.9 Å². The molecule has 1 aromatic heterocycles. The average Bonchev–Trinajstić information content (AvgIpc) is 3.17. The van der Waals surface area contributed by atoms with Crippen molar-refractivity contribution >= 4 is 15.9 Å². The van der Waals surface area contributed by atoms with Crippen molar-refractivity contribution < 1.29 is 22.7 Å². The molecule has 0 aromatic carbocycles. The molecule has 1 rings (SSSR count). The molecule has 0 radical (unpaired) electrons. The zero-order chi connectivity index (χ0) is 23.8. The van der Waals surface area contributed by atoms with E-state index in [1.807, 2.05) is 29.9 Å². The molecule has 0 unspecified atom stereocenters. The lowest BCUT2D eigenvalue weighted by Gasteiger charge is -2.27. The van der Waals surface area contributed by atoms with Crippen LogP contribution in [-0.2, 0) is 37.9 Å². The van der Waals surface area contributed by atoms with Gasteiger partial charge in [-0.15, -0.1) is 0 Å². The molecule has 0 atom stereocenters. The highest BCUT2D eigenvalue weighted by molar-refractivity contribution is 7.89. The fourth-order valence-corrected chi connectivity index (χ4v) is 5.04. The molecule has 0 aliphatic heterocycles. The van der Waals surface area contributed by atoms with Gasteiger partial charge in [-0.2, -0.15) is 4.31 Å². The number of rotatable bonds is 19. The molecule has 32 heavy (non-hydrogen) atoms. The maximum atomic E-state index is 13.1. The number of carbonyl (C=O) groups is 1. The lowest BCUT2D eigenvalue weighted by atomic mass is 10.1. The molecular weight excluding hydrogens is 430 g/mol. The minimum absolute atomic E-state index is 0.0786. The molecule has 9 heteroatoms. The van der Waals surface area contributed by atoms with Crippen LogP contribution in [0.15, 0.2) is 18.3 Å². The first kappa shape index (κ1) is 28.6. The first-order valence-electron chi connectivity index (χ1n) is 11.7. The van der Waals surface area contributed by atoms with E-state index in [-0.39, 0.29) is 24.7 Å². The summed E-state index contributed by atoms with van der Waals surface area (Å²) in [5.41, 5.74) is 0.982. The van der Waals surface area contributed by atoms with Crippen molar-refractivity contribution in [1.29, 1.82) is 0 Å². The van der Waals surface area contributed by atoms with Crippen molar-refractivity contribution in [3.8, 4) is 0 Å². The van der Waals surface area contributed by atoms with Gasteiger partial charge in [0.15, 0.2) is 0 Å². The second kappa shape index (κ2) is 16.2. The zero-order valence-electron chi connectivity index (χ0n) is 20.4. The monoisotopic (exact) mass is 473 g/mol. The van der Waals surface area contributed by atoms with Crippen LogP contribution in [0.4, 0.5) is 0 Å². The zero-order valence-corrected chi connectivity index (χ0v) is 21.2. The fraction of sp³-hybridized carbons (Fsp3) is 0.783. The standard InChI is InChI=1S/C23H43N3O5S/c1-5-6-7-8-9-10-19-32(28,29)26(15-12-17-30-3)21-23(27)25(16-18-31-4)20-22-13-11-14-24(22)2/h11,13-14H,5-10,12,15-21H2,1-4H3. The summed E-state index contributed by atoms with van der Waals surface area (Å²) in [5, 5.41) is 0. The minimum atomic E-state index is -3.52. The summed E-state index contributed by atoms with van der Waals surface area (Å²) in [6, 6.07) is 3.88. The number of ether oxygens (including phenoxy) is 2. The Kier molecular flexibility index (Phi) is 14.5. The van der Waals surface area contributed by atoms with Gasteiger partial charge in [-0.05, 0) is 25.0 Å². The molecule has 186 valence electrons. The Bertz CT molecular complexity index is 736. The Morgan fingerprint density at radius 2 is 1.69 bits per heavy atom. The van der Waals surface area contributed by atoms with Crippen LogP contribution in [0.5, 0.6) is 0 Å². The van der Waals surface area contributed by atoms with E-state index in [2.05, 4.69) is 6.92 Å². The minimum Gasteiger partial charge on any atom is -0.385 e. The fourth-order valence-electron chi connectivity index (χ4n) is 3.50. The molecule has 0 saturated heterocycles. The number of unbranched alkanes of at least 4 members (excludes halogenated alkanes) is 5.